The third-order valence-electron chi connectivity index (χ3n) is 26.6. The third kappa shape index (κ3) is 18.7. The zero-order chi connectivity index (χ0) is 93.7. The van der Waals surface area contributed by atoms with Gasteiger partial charge in [0.1, 0.15) is 110 Å². The molecule has 2 unspecified atom stereocenters. The minimum absolute atomic E-state index is 0.0185. The first kappa shape index (κ1) is 86.7. The van der Waals surface area contributed by atoms with Gasteiger partial charge in [0.05, 0.1) is 0 Å². The molecule has 680 valence electrons. The van der Waals surface area contributed by atoms with Gasteiger partial charge < -0.3 is 37.9 Å². The summed E-state index contributed by atoms with van der Waals surface area (Å²) in [7, 11) is 0. The molecule has 0 N–H and O–H groups in total. The van der Waals surface area contributed by atoms with Gasteiger partial charge in [-0.1, -0.05) is 328 Å². The maximum atomic E-state index is 6.53. The minimum atomic E-state index is 0.0185. The zero-order valence-corrected chi connectivity index (χ0v) is 78.6. The van der Waals surface area contributed by atoms with Gasteiger partial charge in [0, 0.05) is 42.5 Å². The Morgan fingerprint density at radius 3 is 0.780 bits per heavy atom. The van der Waals surface area contributed by atoms with Crippen molar-refractivity contribution < 1.29 is 42.5 Å². The van der Waals surface area contributed by atoms with E-state index in [1.165, 1.54) is 98.0 Å². The Labute approximate surface area is 824 Å². The Morgan fingerprint density at radius 1 is 0.199 bits per heavy atom. The fourth-order valence-corrected chi connectivity index (χ4v) is 21.9. The van der Waals surface area contributed by atoms with Crippen LogP contribution in [-0.4, -0.2) is 10.3 Å². The molecule has 13 heteroatoms. The number of fused-ring (bicyclic) bond motifs is 1. The molecule has 0 amide bonds. The van der Waals surface area contributed by atoms with Crippen molar-refractivity contribution >= 4 is 98.3 Å². The predicted molar refractivity (Wildman–Crippen MR) is 571 cm³/mol. The smallest absolute Gasteiger partial charge is 0.144 e. The number of aromatic nitrogens is 2. The molecule has 0 aliphatic heterocycles. The first-order valence-corrected chi connectivity index (χ1v) is 49.2. The molecule has 0 saturated heterocycles. The van der Waals surface area contributed by atoms with Crippen molar-refractivity contribution in [3.63, 3.8) is 0 Å². The monoisotopic (exact) mass is 1860 g/mol. The van der Waals surface area contributed by atoms with E-state index in [9.17, 15) is 0 Å². The molecule has 21 aromatic carbocycles. The summed E-state index contributed by atoms with van der Waals surface area (Å²) in [6, 6.07) is 158. The molecule has 3 heterocycles. The average molecular weight is 1870 g/mol. The largest absolute Gasteiger partial charge is 0.489 e. The lowest BCUT2D eigenvalue weighted by atomic mass is 9.80. The molecule has 0 bridgehead atoms. The van der Waals surface area contributed by atoms with Gasteiger partial charge >= 0.3 is 0 Å². The van der Waals surface area contributed by atoms with Gasteiger partial charge in [0.25, 0.3) is 0 Å². The van der Waals surface area contributed by atoms with Crippen LogP contribution in [0.5, 0.6) is 46.0 Å². The molecule has 0 aliphatic rings. The highest BCUT2D eigenvalue weighted by molar-refractivity contribution is 7.19. The minimum Gasteiger partial charge on any atom is -0.489 e. The quantitative estimate of drug-likeness (QED) is 0.0284. The number of hydrogen-bond acceptors (Lipinski definition) is 13. The predicted octanol–water partition coefficient (Wildman–Crippen LogP) is 32.8. The van der Waals surface area contributed by atoms with Gasteiger partial charge in [0.15, 0.2) is 0 Å². The Hall–Kier alpha value is -17.1. The van der Waals surface area contributed by atoms with Crippen LogP contribution in [0.25, 0.3) is 117 Å². The van der Waals surface area contributed by atoms with Crippen LogP contribution < -0.4 is 37.9 Å². The maximum absolute atomic E-state index is 6.53. The number of ether oxygens (including phenoxy) is 8. The molecular weight excluding hydrogens is 1770 g/mol. The summed E-state index contributed by atoms with van der Waals surface area (Å²) >= 11 is 3.37. The van der Waals surface area contributed by atoms with Crippen molar-refractivity contribution in [1.29, 1.82) is 0 Å². The summed E-state index contributed by atoms with van der Waals surface area (Å²) < 4.78 is 57.1. The van der Waals surface area contributed by atoms with Gasteiger partial charge in [-0.25, -0.2) is 4.63 Å². The standard InChI is InChI=1S/C128H92N2O9S2/c1-3-27-91(28-4-1)121(111-55-53-97-49-47-93-31-15-33-95-51-57-113(111)125(97)123(93)95)101-37-7-19-83(65-101)75-131-103-39-9-21-85(67-103)77-133-105-41-11-23-87(69-105)79-135-107-43-13-25-89(71-107)81-137-109-45-17-35-99(73-109)117-61-63-119(140-117)115-59-60-116(128-127(115)129-139-130-128)120-64-62-118(141-120)100-36-18-46-110(74-100)138-82-90-26-14-44-108(72-90)136-80-88-24-12-42-106(70-88)134-78-86-22-10-40-104(68-86)132-76-84-20-8-38-102(66-84)122(92-29-5-2-6-30-92)112-56-54-98-50-48-94-32-16-34-96-52-58-114(112)126(98)124(94)96/h1-74,121-122H,75-82H2. The SMILES string of the molecule is c1ccc(C(c2cccc(COc3cccc(COc4cccc(COc5cccc(COc6cccc(-c7ccc(-c8ccc(-c9ccc(-c%10cccc(OCc%11cccc(OCc%12cccc(OCc%13cccc(OCc%14cccc(C(c%15ccccc%15)c%15ccc%16ccc%17cccc%18ccc%15c%16c%17%18)c%14)c%13)c%12)c%11)c%10)s9)c9nonc89)s7)c6)c5)c4)c3)c2)c2ccc3ccc4cccc5ccc2c3c45)cc1. The molecule has 141 heavy (non-hydrogen) atoms. The van der Waals surface area contributed by atoms with Crippen molar-refractivity contribution in [3.8, 4) is 87.8 Å². The third-order valence-corrected chi connectivity index (χ3v) is 28.9. The second-order valence-corrected chi connectivity index (χ2v) is 38.1. The van der Waals surface area contributed by atoms with E-state index in [0.29, 0.717) is 63.9 Å². The van der Waals surface area contributed by atoms with Crippen LogP contribution in [-0.2, 0) is 52.9 Å². The number of thiophene rings is 2. The second kappa shape index (κ2) is 39.2. The summed E-state index contributed by atoms with van der Waals surface area (Å²) in [5.41, 5.74) is 21.0. The summed E-state index contributed by atoms with van der Waals surface area (Å²) in [5.74, 6) is 6.12. The molecule has 0 radical (unpaired) electrons. The average Bonchev–Trinajstić information content (AvgIpc) is 0.903. The summed E-state index contributed by atoms with van der Waals surface area (Å²) in [6.07, 6.45) is 0. The number of rotatable bonds is 34. The van der Waals surface area contributed by atoms with Gasteiger partial charge in [0.2, 0.25) is 0 Å². The Balaban J connectivity index is 0.360. The Bertz CT molecular complexity index is 8120. The first-order valence-electron chi connectivity index (χ1n) is 47.6. The lowest BCUT2D eigenvalue weighted by Crippen LogP contribution is -2.06. The Kier molecular flexibility index (Phi) is 24.1. The molecule has 24 rings (SSSR count). The van der Waals surface area contributed by atoms with Crippen molar-refractivity contribution in [3.05, 3.63) is 527 Å². The summed E-state index contributed by atoms with van der Waals surface area (Å²) in [6.45, 7) is 3.04. The highest BCUT2D eigenvalue weighted by Gasteiger charge is 2.27. The van der Waals surface area contributed by atoms with E-state index >= 15 is 0 Å². The van der Waals surface area contributed by atoms with Crippen molar-refractivity contribution in [1.82, 2.24) is 10.3 Å². The molecule has 0 saturated carbocycles. The van der Waals surface area contributed by atoms with Gasteiger partial charge in [-0.3, -0.25) is 0 Å². The first-order chi connectivity index (χ1) is 69.8. The number of nitrogens with zero attached hydrogens (tertiary/aromatic N) is 2. The molecule has 3 aromatic heterocycles. The van der Waals surface area contributed by atoms with E-state index < -0.39 is 0 Å². The Morgan fingerprint density at radius 2 is 0.454 bits per heavy atom. The van der Waals surface area contributed by atoms with Crippen molar-refractivity contribution in [2.75, 3.05) is 0 Å². The fraction of sp³-hybridized carbons (Fsp3) is 0.0781. The molecule has 2 atom stereocenters. The molecule has 0 spiro atoms. The van der Waals surface area contributed by atoms with Crippen LogP contribution >= 0.6 is 22.7 Å². The van der Waals surface area contributed by atoms with E-state index in [1.54, 1.807) is 22.7 Å². The molecule has 0 aliphatic carbocycles. The van der Waals surface area contributed by atoms with Crippen LogP contribution in [0.1, 0.15) is 89.7 Å². The number of benzene rings is 21. The lowest BCUT2D eigenvalue weighted by molar-refractivity contribution is 0.289. The van der Waals surface area contributed by atoms with E-state index in [0.717, 1.165) is 132 Å². The van der Waals surface area contributed by atoms with E-state index in [2.05, 4.69) is 338 Å². The van der Waals surface area contributed by atoms with Crippen LogP contribution in [0, 0.1) is 0 Å². The fourth-order valence-electron chi connectivity index (χ4n) is 19.8. The van der Waals surface area contributed by atoms with E-state index in [1.807, 2.05) is 121 Å². The zero-order valence-electron chi connectivity index (χ0n) is 76.9. The lowest BCUT2D eigenvalue weighted by Gasteiger charge is -2.23. The van der Waals surface area contributed by atoms with Crippen LogP contribution in [0.3, 0.4) is 0 Å². The summed E-state index contributed by atoms with van der Waals surface area (Å²) in [4.78, 5) is 4.27. The van der Waals surface area contributed by atoms with Crippen LogP contribution in [0.4, 0.5) is 0 Å². The molecule has 24 aromatic rings. The van der Waals surface area contributed by atoms with Crippen LogP contribution in [0.2, 0.25) is 0 Å². The van der Waals surface area contributed by atoms with Gasteiger partial charge in [-0.2, -0.15) is 0 Å². The van der Waals surface area contributed by atoms with E-state index in [4.69, 9.17) is 42.5 Å². The van der Waals surface area contributed by atoms with E-state index in [-0.39, 0.29) is 11.8 Å². The van der Waals surface area contributed by atoms with Crippen LogP contribution in [0.15, 0.2) is 454 Å². The molecular formula is C128H92N2O9S2. The maximum Gasteiger partial charge on any atom is 0.144 e. The summed E-state index contributed by atoms with van der Waals surface area (Å²) in [5, 5.41) is 24.4. The normalized spacial score (nSPS) is 12.0. The molecule has 0 fully saturated rings. The highest BCUT2D eigenvalue weighted by Crippen LogP contribution is 2.48. The topological polar surface area (TPSA) is 113 Å². The highest BCUT2D eigenvalue weighted by atomic mass is 32.1. The van der Waals surface area contributed by atoms with Crippen molar-refractivity contribution in [2.24, 2.45) is 0 Å². The number of hydrogen-bond donors (Lipinski definition) is 0. The second-order valence-electron chi connectivity index (χ2n) is 35.9. The van der Waals surface area contributed by atoms with Crippen molar-refractivity contribution in [2.45, 2.75) is 64.7 Å². The van der Waals surface area contributed by atoms with Gasteiger partial charge in [-0.15, -0.1) is 22.7 Å². The molecule has 11 nitrogen and oxygen atoms in total. The van der Waals surface area contributed by atoms with Gasteiger partial charge in [-0.05, 0) is 285 Å².